The van der Waals surface area contributed by atoms with Gasteiger partial charge in [0.25, 0.3) is 0 Å². The average molecular weight is 277 g/mol. The fourth-order valence-corrected chi connectivity index (χ4v) is 3.42. The highest BCUT2D eigenvalue weighted by atomic mass is 32.2. The highest BCUT2D eigenvalue weighted by Gasteiger charge is 2.18. The molecule has 0 saturated carbocycles. The summed E-state index contributed by atoms with van der Waals surface area (Å²) < 4.78 is 25.3. The number of sulfonamides is 1. The molecule has 0 radical (unpaired) electrons. The van der Waals surface area contributed by atoms with Crippen LogP contribution < -0.4 is 5.32 Å². The Labute approximate surface area is 107 Å². The van der Waals surface area contributed by atoms with Crippen LogP contribution in [0.15, 0.2) is 5.51 Å². The zero-order chi connectivity index (χ0) is 12.9. The molecule has 5 nitrogen and oxygen atoms in total. The van der Waals surface area contributed by atoms with E-state index in [1.165, 1.54) is 15.6 Å². The highest BCUT2D eigenvalue weighted by Crippen LogP contribution is 2.16. The molecule has 1 aromatic rings. The molecular weight excluding hydrogens is 258 g/mol. The Morgan fingerprint density at radius 2 is 2.24 bits per heavy atom. The fraction of sp³-hybridized carbons (Fsp3) is 0.700. The van der Waals surface area contributed by atoms with Crippen LogP contribution in [0.4, 0.5) is 0 Å². The van der Waals surface area contributed by atoms with Crippen LogP contribution in [0.1, 0.15) is 17.0 Å². The molecular formula is C10H19N3O2S2. The van der Waals surface area contributed by atoms with Crippen LogP contribution in [-0.2, 0) is 16.6 Å². The second kappa shape index (κ2) is 6.44. The highest BCUT2D eigenvalue weighted by molar-refractivity contribution is 7.89. The maximum atomic E-state index is 11.9. The summed E-state index contributed by atoms with van der Waals surface area (Å²) in [5.41, 5.74) is 2.65. The predicted molar refractivity (Wildman–Crippen MR) is 70.6 cm³/mol. The molecule has 0 spiro atoms. The number of aromatic nitrogens is 1. The Morgan fingerprint density at radius 1 is 1.53 bits per heavy atom. The number of aryl methyl sites for hydroxylation is 1. The van der Waals surface area contributed by atoms with E-state index in [4.69, 9.17) is 0 Å². The third kappa shape index (κ3) is 4.34. The van der Waals surface area contributed by atoms with Crippen molar-refractivity contribution < 1.29 is 8.42 Å². The summed E-state index contributed by atoms with van der Waals surface area (Å²) >= 11 is 1.49. The molecule has 0 aliphatic carbocycles. The molecule has 1 rings (SSSR count). The molecule has 1 heterocycles. The van der Waals surface area contributed by atoms with Gasteiger partial charge in [0.2, 0.25) is 10.0 Å². The largest absolute Gasteiger partial charge is 0.320 e. The maximum absolute atomic E-state index is 11.9. The summed E-state index contributed by atoms with van der Waals surface area (Å²) in [6.07, 6.45) is 0.630. The van der Waals surface area contributed by atoms with Crippen molar-refractivity contribution in [2.24, 2.45) is 0 Å². The van der Waals surface area contributed by atoms with Gasteiger partial charge in [-0.2, -0.15) is 4.31 Å². The van der Waals surface area contributed by atoms with Crippen LogP contribution >= 0.6 is 11.3 Å². The summed E-state index contributed by atoms with van der Waals surface area (Å²) in [4.78, 5) is 5.12. The van der Waals surface area contributed by atoms with Crippen molar-refractivity contribution in [3.63, 3.8) is 0 Å². The van der Waals surface area contributed by atoms with E-state index in [1.54, 1.807) is 12.6 Å². The summed E-state index contributed by atoms with van der Waals surface area (Å²) in [6, 6.07) is 0. The molecule has 0 saturated heterocycles. The minimum absolute atomic E-state index is 0.183. The van der Waals surface area contributed by atoms with E-state index in [0.717, 1.165) is 10.6 Å². The predicted octanol–water partition coefficient (Wildman–Crippen LogP) is 0.823. The van der Waals surface area contributed by atoms with Gasteiger partial charge in [0.15, 0.2) is 0 Å². The van der Waals surface area contributed by atoms with Crippen molar-refractivity contribution in [3.8, 4) is 0 Å². The molecule has 0 unspecified atom stereocenters. The van der Waals surface area contributed by atoms with Gasteiger partial charge in [-0.25, -0.2) is 13.4 Å². The standard InChI is InChI=1S/C10H19N3O2S2/c1-9-10(16-8-12-9)7-13(3)17(14,15)6-4-5-11-2/h8,11H,4-7H2,1-3H3. The lowest BCUT2D eigenvalue weighted by Gasteiger charge is -2.16. The Kier molecular flexibility index (Phi) is 5.51. The smallest absolute Gasteiger partial charge is 0.214 e. The van der Waals surface area contributed by atoms with Crippen LogP contribution in [0.2, 0.25) is 0 Å². The molecule has 0 aliphatic rings. The van der Waals surface area contributed by atoms with Gasteiger partial charge in [-0.1, -0.05) is 0 Å². The van der Waals surface area contributed by atoms with Gasteiger partial charge in [0.05, 0.1) is 17.0 Å². The molecule has 1 N–H and O–H groups in total. The molecule has 0 amide bonds. The Balaban J connectivity index is 2.57. The van der Waals surface area contributed by atoms with Crippen molar-refractivity contribution in [3.05, 3.63) is 16.1 Å². The Bertz CT molecular complexity index is 442. The lowest BCUT2D eigenvalue weighted by molar-refractivity contribution is 0.467. The average Bonchev–Trinajstić information content (AvgIpc) is 2.64. The number of nitrogens with zero attached hydrogens (tertiary/aromatic N) is 2. The number of rotatable bonds is 7. The lowest BCUT2D eigenvalue weighted by Crippen LogP contribution is -2.29. The van der Waals surface area contributed by atoms with Gasteiger partial charge < -0.3 is 5.32 Å². The van der Waals surface area contributed by atoms with Crippen molar-refractivity contribution in [1.82, 2.24) is 14.6 Å². The molecule has 0 aromatic carbocycles. The molecule has 17 heavy (non-hydrogen) atoms. The molecule has 0 aliphatic heterocycles. The lowest BCUT2D eigenvalue weighted by atomic mass is 10.4. The first-order chi connectivity index (χ1) is 7.97. The molecule has 98 valence electrons. The minimum atomic E-state index is -3.15. The Hall–Kier alpha value is -0.500. The van der Waals surface area contributed by atoms with Gasteiger partial charge in [0.1, 0.15) is 0 Å². The molecule has 1 aromatic heterocycles. The van der Waals surface area contributed by atoms with Crippen molar-refractivity contribution in [1.29, 1.82) is 0 Å². The van der Waals surface area contributed by atoms with E-state index in [1.807, 2.05) is 14.0 Å². The monoisotopic (exact) mass is 277 g/mol. The number of hydrogen-bond acceptors (Lipinski definition) is 5. The number of thiazole rings is 1. The normalized spacial score (nSPS) is 12.2. The summed E-state index contributed by atoms with van der Waals surface area (Å²) in [7, 11) is 0.282. The Morgan fingerprint density at radius 3 is 2.76 bits per heavy atom. The molecule has 0 fully saturated rings. The van der Waals surface area contributed by atoms with E-state index in [2.05, 4.69) is 10.3 Å². The van der Waals surface area contributed by atoms with Crippen molar-refractivity contribution in [2.45, 2.75) is 19.9 Å². The van der Waals surface area contributed by atoms with E-state index in [-0.39, 0.29) is 5.75 Å². The van der Waals surface area contributed by atoms with Crippen molar-refractivity contribution >= 4 is 21.4 Å². The molecule has 7 heteroatoms. The number of hydrogen-bond donors (Lipinski definition) is 1. The topological polar surface area (TPSA) is 62.3 Å². The zero-order valence-corrected chi connectivity index (χ0v) is 12.1. The van der Waals surface area contributed by atoms with E-state index in [0.29, 0.717) is 19.5 Å². The first kappa shape index (κ1) is 14.6. The molecule has 0 bridgehead atoms. The van der Waals surface area contributed by atoms with Gasteiger partial charge in [-0.05, 0) is 26.9 Å². The SMILES string of the molecule is CNCCCS(=O)(=O)N(C)Cc1scnc1C. The van der Waals surface area contributed by atoms with E-state index in [9.17, 15) is 8.42 Å². The minimum Gasteiger partial charge on any atom is -0.320 e. The fourth-order valence-electron chi connectivity index (χ4n) is 1.37. The van der Waals surface area contributed by atoms with Gasteiger partial charge in [-0.15, -0.1) is 11.3 Å². The quantitative estimate of drug-likeness (QED) is 0.750. The van der Waals surface area contributed by atoms with Crippen LogP contribution in [0.25, 0.3) is 0 Å². The zero-order valence-electron chi connectivity index (χ0n) is 10.4. The second-order valence-corrected chi connectivity index (χ2v) is 7.02. The summed E-state index contributed by atoms with van der Waals surface area (Å²) in [5.74, 6) is 0.183. The van der Waals surface area contributed by atoms with Gasteiger partial charge >= 0.3 is 0 Å². The van der Waals surface area contributed by atoms with E-state index >= 15 is 0 Å². The van der Waals surface area contributed by atoms with Crippen molar-refractivity contribution in [2.75, 3.05) is 26.4 Å². The third-order valence-corrected chi connectivity index (χ3v) is 5.32. The van der Waals surface area contributed by atoms with Gasteiger partial charge in [0, 0.05) is 18.5 Å². The van der Waals surface area contributed by atoms with Crippen LogP contribution in [0.5, 0.6) is 0 Å². The van der Waals surface area contributed by atoms with Crippen LogP contribution in [-0.4, -0.2) is 44.1 Å². The maximum Gasteiger partial charge on any atom is 0.214 e. The second-order valence-electron chi connectivity index (χ2n) is 3.89. The number of nitrogens with one attached hydrogen (secondary N) is 1. The summed E-state index contributed by atoms with van der Waals surface area (Å²) in [5, 5.41) is 2.94. The molecule has 0 atom stereocenters. The summed E-state index contributed by atoms with van der Waals surface area (Å²) in [6.45, 7) is 3.03. The third-order valence-electron chi connectivity index (χ3n) is 2.52. The van der Waals surface area contributed by atoms with Crippen LogP contribution in [0.3, 0.4) is 0 Å². The van der Waals surface area contributed by atoms with Gasteiger partial charge in [-0.3, -0.25) is 0 Å². The first-order valence-electron chi connectivity index (χ1n) is 5.45. The van der Waals surface area contributed by atoms with E-state index < -0.39 is 10.0 Å². The van der Waals surface area contributed by atoms with Crippen LogP contribution in [0, 0.1) is 6.92 Å². The first-order valence-corrected chi connectivity index (χ1v) is 7.94.